The number of benzene rings is 4. The second-order valence-electron chi connectivity index (χ2n) is 13.2. The summed E-state index contributed by atoms with van der Waals surface area (Å²) in [5.41, 5.74) is 1.34. The fourth-order valence-corrected chi connectivity index (χ4v) is 7.37. The van der Waals surface area contributed by atoms with Crippen LogP contribution in [0.1, 0.15) is 77.2 Å². The Labute approximate surface area is 301 Å². The van der Waals surface area contributed by atoms with Crippen LogP contribution in [0.25, 0.3) is 0 Å². The molecule has 3 N–H and O–H groups in total. The zero-order chi connectivity index (χ0) is 37.6. The molecule has 8 nitrogen and oxygen atoms in total. The summed E-state index contributed by atoms with van der Waals surface area (Å²) in [6.45, 7) is 3.34. The van der Waals surface area contributed by atoms with Crippen LogP contribution in [0.15, 0.2) is 95.9 Å². The first-order valence-corrected chi connectivity index (χ1v) is 18.5. The van der Waals surface area contributed by atoms with Crippen LogP contribution in [0.4, 0.5) is 28.9 Å². The number of aryl methyl sites for hydroxylation is 2. The highest BCUT2D eigenvalue weighted by atomic mass is 32.2. The summed E-state index contributed by atoms with van der Waals surface area (Å²) in [5, 5.41) is 6.20. The van der Waals surface area contributed by atoms with Crippen molar-refractivity contribution in [2.24, 2.45) is 5.92 Å². The van der Waals surface area contributed by atoms with Gasteiger partial charge in [-0.1, -0.05) is 61.4 Å². The summed E-state index contributed by atoms with van der Waals surface area (Å²) in [6, 6.07) is 22.8. The number of anilines is 2. The Kier molecular flexibility index (Phi) is 12.1. The molecule has 0 radical (unpaired) electrons. The average Bonchev–Trinajstić information content (AvgIpc) is 3.62. The van der Waals surface area contributed by atoms with E-state index in [2.05, 4.69) is 10.6 Å². The summed E-state index contributed by atoms with van der Waals surface area (Å²) < 4.78 is 84.8. The molecule has 0 bridgehead atoms. The summed E-state index contributed by atoms with van der Waals surface area (Å²) >= 11 is 0. The van der Waals surface area contributed by atoms with Gasteiger partial charge in [-0.2, -0.15) is 21.6 Å². The SMILES string of the molecule is Cc1ccc(NC(=O)[C@H]2CCCN(C(=O)c3c(C)cccc3F)[C@H]2c2ccc(NC3CCCC3)cc2)cc1C(F)(F)F.O=S(=O)(O)c1ccccc1. The van der Waals surface area contributed by atoms with Crippen LogP contribution >= 0.6 is 0 Å². The molecule has 6 rings (SSSR count). The number of carbonyl (C=O) groups excluding carboxylic acids is 2. The molecule has 2 fully saturated rings. The molecule has 13 heteroatoms. The normalized spacial score (nSPS) is 17.9. The minimum absolute atomic E-state index is 0.0289. The van der Waals surface area contributed by atoms with Crippen molar-refractivity contribution in [3.63, 3.8) is 0 Å². The highest BCUT2D eigenvalue weighted by Crippen LogP contribution is 2.40. The smallest absolute Gasteiger partial charge is 0.382 e. The minimum atomic E-state index is -4.56. The number of nitrogens with one attached hydrogen (secondary N) is 2. The fourth-order valence-electron chi connectivity index (χ4n) is 6.87. The van der Waals surface area contributed by atoms with E-state index in [-0.39, 0.29) is 21.7 Å². The topological polar surface area (TPSA) is 116 Å². The number of hydrogen-bond donors (Lipinski definition) is 3. The Morgan fingerprint density at radius 1 is 0.808 bits per heavy atom. The number of alkyl halides is 3. The van der Waals surface area contributed by atoms with Crippen LogP contribution in [0.2, 0.25) is 0 Å². The molecule has 0 aromatic heterocycles. The molecule has 1 aliphatic carbocycles. The number of amides is 2. The fraction of sp³-hybridized carbons (Fsp3) is 0.333. The van der Waals surface area contributed by atoms with E-state index in [1.165, 1.54) is 61.1 Å². The van der Waals surface area contributed by atoms with Crippen molar-refractivity contribution in [1.82, 2.24) is 4.90 Å². The highest BCUT2D eigenvalue weighted by Gasteiger charge is 2.41. The first-order chi connectivity index (χ1) is 24.6. The Balaban J connectivity index is 0.000000452. The van der Waals surface area contributed by atoms with E-state index in [4.69, 9.17) is 4.55 Å². The molecule has 4 aromatic rings. The van der Waals surface area contributed by atoms with Crippen LogP contribution in [-0.4, -0.2) is 42.3 Å². The second kappa shape index (κ2) is 16.3. The van der Waals surface area contributed by atoms with E-state index < -0.39 is 51.4 Å². The molecule has 276 valence electrons. The van der Waals surface area contributed by atoms with E-state index in [0.29, 0.717) is 36.6 Å². The second-order valence-corrected chi connectivity index (χ2v) is 14.6. The van der Waals surface area contributed by atoms with Crippen molar-refractivity contribution in [1.29, 1.82) is 0 Å². The maximum absolute atomic E-state index is 14.9. The lowest BCUT2D eigenvalue weighted by atomic mass is 9.83. The Bertz CT molecular complexity index is 1960. The van der Waals surface area contributed by atoms with Gasteiger partial charge in [0.2, 0.25) is 5.91 Å². The lowest BCUT2D eigenvalue weighted by molar-refractivity contribution is -0.138. The quantitative estimate of drug-likeness (QED) is 0.129. The summed E-state index contributed by atoms with van der Waals surface area (Å²) in [6.07, 6.45) is 0.915. The number of nitrogens with zero attached hydrogens (tertiary/aromatic N) is 1. The highest BCUT2D eigenvalue weighted by molar-refractivity contribution is 7.85. The summed E-state index contributed by atoms with van der Waals surface area (Å²) in [4.78, 5) is 29.0. The zero-order valence-corrected chi connectivity index (χ0v) is 29.6. The van der Waals surface area contributed by atoms with Gasteiger partial charge in [-0.25, -0.2) is 4.39 Å². The van der Waals surface area contributed by atoms with Crippen molar-refractivity contribution in [3.8, 4) is 0 Å². The van der Waals surface area contributed by atoms with Gasteiger partial charge in [0.05, 0.1) is 28.0 Å². The molecular formula is C39H41F4N3O5S. The number of rotatable bonds is 7. The van der Waals surface area contributed by atoms with Gasteiger partial charge in [-0.3, -0.25) is 14.1 Å². The number of halogens is 4. The van der Waals surface area contributed by atoms with E-state index in [1.807, 2.05) is 24.3 Å². The molecule has 52 heavy (non-hydrogen) atoms. The molecule has 0 spiro atoms. The third-order valence-corrected chi connectivity index (χ3v) is 10.4. The largest absolute Gasteiger partial charge is 0.416 e. The molecule has 1 saturated carbocycles. The number of piperidine rings is 1. The van der Waals surface area contributed by atoms with Gasteiger partial charge in [0.1, 0.15) is 5.82 Å². The van der Waals surface area contributed by atoms with Crippen LogP contribution in [0.5, 0.6) is 0 Å². The van der Waals surface area contributed by atoms with Gasteiger partial charge in [-0.15, -0.1) is 0 Å². The Morgan fingerprint density at radius 3 is 2.06 bits per heavy atom. The van der Waals surface area contributed by atoms with E-state index >= 15 is 0 Å². The number of likely N-dealkylation sites (tertiary alicyclic amines) is 1. The third-order valence-electron chi connectivity index (χ3n) is 9.49. The molecular weight excluding hydrogens is 699 g/mol. The molecule has 1 aliphatic heterocycles. The standard InChI is InChI=1S/C33H35F4N3O2.C6H6O3S/c1-20-12-15-25(19-27(20)33(35,36)37)39-31(41)26-10-6-18-40(32(42)29-21(2)7-5-11-28(29)34)30(26)22-13-16-24(17-14-22)38-23-8-3-4-9-23;7-10(8,9)6-4-2-1-3-5-6/h5,7,11-17,19,23,26,30,38H,3-4,6,8-10,18H2,1-2H3,(H,39,41);1-5H,(H,7,8,9)/t26-,30-;/m0./s1. The van der Waals surface area contributed by atoms with E-state index in [0.717, 1.165) is 24.6 Å². The van der Waals surface area contributed by atoms with Crippen molar-refractivity contribution in [2.75, 3.05) is 17.2 Å². The van der Waals surface area contributed by atoms with Crippen molar-refractivity contribution in [3.05, 3.63) is 125 Å². The van der Waals surface area contributed by atoms with E-state index in [9.17, 15) is 35.6 Å². The van der Waals surface area contributed by atoms with Crippen molar-refractivity contribution < 1.29 is 40.1 Å². The molecule has 1 heterocycles. The molecule has 2 amide bonds. The molecule has 1 saturated heterocycles. The van der Waals surface area contributed by atoms with Gasteiger partial charge >= 0.3 is 6.18 Å². The first-order valence-electron chi connectivity index (χ1n) is 17.1. The lowest BCUT2D eigenvalue weighted by Gasteiger charge is -2.41. The predicted molar refractivity (Wildman–Crippen MR) is 191 cm³/mol. The number of hydrogen-bond acceptors (Lipinski definition) is 5. The van der Waals surface area contributed by atoms with E-state index in [1.54, 1.807) is 31.2 Å². The zero-order valence-electron chi connectivity index (χ0n) is 28.8. The van der Waals surface area contributed by atoms with Gasteiger partial charge in [0.25, 0.3) is 16.0 Å². The average molecular weight is 740 g/mol. The van der Waals surface area contributed by atoms with Crippen molar-refractivity contribution in [2.45, 2.75) is 75.5 Å². The Hall–Kier alpha value is -4.75. The maximum atomic E-state index is 14.9. The Morgan fingerprint density at radius 2 is 1.46 bits per heavy atom. The van der Waals surface area contributed by atoms with Crippen LogP contribution in [0.3, 0.4) is 0 Å². The molecule has 2 atom stereocenters. The molecule has 2 aliphatic rings. The van der Waals surface area contributed by atoms with Crippen LogP contribution < -0.4 is 10.6 Å². The lowest BCUT2D eigenvalue weighted by Crippen LogP contribution is -2.46. The summed E-state index contributed by atoms with van der Waals surface area (Å²) in [7, 11) is -4.00. The monoisotopic (exact) mass is 739 g/mol. The molecule has 0 unspecified atom stereocenters. The third kappa shape index (κ3) is 9.37. The van der Waals surface area contributed by atoms with Gasteiger partial charge in [0.15, 0.2) is 0 Å². The maximum Gasteiger partial charge on any atom is 0.416 e. The van der Waals surface area contributed by atoms with Gasteiger partial charge in [-0.05, 0) is 98.7 Å². The van der Waals surface area contributed by atoms with Crippen LogP contribution in [-0.2, 0) is 21.1 Å². The summed E-state index contributed by atoms with van der Waals surface area (Å²) in [5.74, 6) is -2.41. The molecule has 4 aromatic carbocycles. The first kappa shape index (κ1) is 38.5. The number of carbonyl (C=O) groups is 2. The van der Waals surface area contributed by atoms with Gasteiger partial charge in [0, 0.05) is 24.0 Å². The minimum Gasteiger partial charge on any atom is -0.382 e. The van der Waals surface area contributed by atoms with Crippen LogP contribution in [0, 0.1) is 25.6 Å². The van der Waals surface area contributed by atoms with Crippen molar-refractivity contribution >= 4 is 33.3 Å². The van der Waals surface area contributed by atoms with Gasteiger partial charge < -0.3 is 15.5 Å². The predicted octanol–water partition coefficient (Wildman–Crippen LogP) is 8.98.